The van der Waals surface area contributed by atoms with E-state index in [0.29, 0.717) is 19.5 Å². The molecule has 5 heteroatoms. The molecule has 0 saturated carbocycles. The monoisotopic (exact) mass is 259 g/mol. The van der Waals surface area contributed by atoms with Crippen molar-refractivity contribution in [2.45, 2.75) is 19.5 Å². The van der Waals surface area contributed by atoms with Gasteiger partial charge >= 0.3 is 0 Å². The average molecular weight is 259 g/mol. The van der Waals surface area contributed by atoms with Crippen LogP contribution in [0.2, 0.25) is 0 Å². The summed E-state index contributed by atoms with van der Waals surface area (Å²) in [6, 6.07) is 7.66. The Kier molecular flexibility index (Phi) is 4.55. The Morgan fingerprint density at radius 1 is 1.47 bits per heavy atom. The molecule has 2 aromatic rings. The van der Waals surface area contributed by atoms with Crippen LogP contribution >= 0.6 is 0 Å². The first-order chi connectivity index (χ1) is 9.28. The molecular formula is C14H17N3O2. The van der Waals surface area contributed by atoms with E-state index in [1.807, 2.05) is 35.0 Å². The van der Waals surface area contributed by atoms with Crippen LogP contribution in [0.1, 0.15) is 12.0 Å². The molecule has 0 bridgehead atoms. The van der Waals surface area contributed by atoms with Crippen LogP contribution in [0, 0.1) is 0 Å². The van der Waals surface area contributed by atoms with Gasteiger partial charge in [0.2, 0.25) is 5.91 Å². The Balaban J connectivity index is 1.76. The largest absolute Gasteiger partial charge is 0.497 e. The van der Waals surface area contributed by atoms with Crippen molar-refractivity contribution in [3.8, 4) is 5.75 Å². The first-order valence-electron chi connectivity index (χ1n) is 6.13. The molecule has 0 fully saturated rings. The normalized spacial score (nSPS) is 10.2. The SMILES string of the molecule is COc1cccc(CNC(=O)CCn2ccnc2)c1. The molecule has 0 unspecified atom stereocenters. The molecule has 0 aliphatic carbocycles. The fourth-order valence-corrected chi connectivity index (χ4v) is 1.72. The average Bonchev–Trinajstić information content (AvgIpc) is 2.96. The summed E-state index contributed by atoms with van der Waals surface area (Å²) < 4.78 is 7.02. The lowest BCUT2D eigenvalue weighted by atomic mass is 10.2. The van der Waals surface area contributed by atoms with Gasteiger partial charge in [0.05, 0.1) is 13.4 Å². The van der Waals surface area contributed by atoms with Crippen LogP contribution in [-0.4, -0.2) is 22.6 Å². The van der Waals surface area contributed by atoms with Gasteiger partial charge in [-0.25, -0.2) is 4.98 Å². The number of aromatic nitrogens is 2. The topological polar surface area (TPSA) is 56.1 Å². The van der Waals surface area contributed by atoms with Crippen LogP contribution in [0.25, 0.3) is 0 Å². The number of nitrogens with zero attached hydrogens (tertiary/aromatic N) is 2. The first kappa shape index (κ1) is 13.1. The minimum absolute atomic E-state index is 0.0246. The molecule has 5 nitrogen and oxygen atoms in total. The van der Waals surface area contributed by atoms with E-state index in [-0.39, 0.29) is 5.91 Å². The van der Waals surface area contributed by atoms with Crippen molar-refractivity contribution in [3.63, 3.8) is 0 Å². The minimum atomic E-state index is 0.0246. The van der Waals surface area contributed by atoms with Gasteiger partial charge in [-0.05, 0) is 17.7 Å². The Labute approximate surface area is 112 Å². The summed E-state index contributed by atoms with van der Waals surface area (Å²) in [6.45, 7) is 1.16. The molecule has 2 rings (SSSR count). The smallest absolute Gasteiger partial charge is 0.222 e. The van der Waals surface area contributed by atoms with E-state index < -0.39 is 0 Å². The molecular weight excluding hydrogens is 242 g/mol. The van der Waals surface area contributed by atoms with E-state index in [0.717, 1.165) is 11.3 Å². The second-order valence-electron chi connectivity index (χ2n) is 4.18. The maximum absolute atomic E-state index is 11.7. The van der Waals surface area contributed by atoms with E-state index in [9.17, 15) is 4.79 Å². The number of amides is 1. The van der Waals surface area contributed by atoms with Crippen molar-refractivity contribution in [2.24, 2.45) is 0 Å². The number of hydrogen-bond donors (Lipinski definition) is 1. The van der Waals surface area contributed by atoms with Gasteiger partial charge in [-0.15, -0.1) is 0 Å². The van der Waals surface area contributed by atoms with Gasteiger partial charge in [0.1, 0.15) is 5.75 Å². The number of ether oxygens (including phenoxy) is 1. The van der Waals surface area contributed by atoms with Crippen LogP contribution in [0.5, 0.6) is 5.75 Å². The van der Waals surface area contributed by atoms with E-state index in [1.54, 1.807) is 19.6 Å². The maximum Gasteiger partial charge on any atom is 0.222 e. The molecule has 1 amide bonds. The Hall–Kier alpha value is -2.30. The molecule has 0 aliphatic heterocycles. The van der Waals surface area contributed by atoms with E-state index in [4.69, 9.17) is 4.74 Å². The summed E-state index contributed by atoms with van der Waals surface area (Å²) in [5.41, 5.74) is 1.02. The van der Waals surface area contributed by atoms with Crippen molar-refractivity contribution in [1.29, 1.82) is 0 Å². The molecule has 0 atom stereocenters. The van der Waals surface area contributed by atoms with Gasteiger partial charge in [-0.2, -0.15) is 0 Å². The number of hydrogen-bond acceptors (Lipinski definition) is 3. The van der Waals surface area contributed by atoms with Gasteiger partial charge in [0.15, 0.2) is 0 Å². The lowest BCUT2D eigenvalue weighted by molar-refractivity contribution is -0.121. The third-order valence-electron chi connectivity index (χ3n) is 2.78. The fraction of sp³-hybridized carbons (Fsp3) is 0.286. The maximum atomic E-state index is 11.7. The Morgan fingerprint density at radius 3 is 3.11 bits per heavy atom. The summed E-state index contributed by atoms with van der Waals surface area (Å²) in [4.78, 5) is 15.6. The van der Waals surface area contributed by atoms with Crippen molar-refractivity contribution in [1.82, 2.24) is 14.9 Å². The van der Waals surface area contributed by atoms with E-state index in [1.165, 1.54) is 0 Å². The molecule has 0 spiro atoms. The predicted molar refractivity (Wildman–Crippen MR) is 71.7 cm³/mol. The van der Waals surface area contributed by atoms with Crippen LogP contribution in [0.4, 0.5) is 0 Å². The number of methoxy groups -OCH3 is 1. The van der Waals surface area contributed by atoms with Crippen LogP contribution < -0.4 is 10.1 Å². The number of benzene rings is 1. The molecule has 1 heterocycles. The minimum Gasteiger partial charge on any atom is -0.497 e. The molecule has 0 saturated heterocycles. The third kappa shape index (κ3) is 4.13. The van der Waals surface area contributed by atoms with Gasteiger partial charge in [0, 0.05) is 31.9 Å². The van der Waals surface area contributed by atoms with Crippen LogP contribution in [0.3, 0.4) is 0 Å². The second kappa shape index (κ2) is 6.58. The zero-order chi connectivity index (χ0) is 13.5. The van der Waals surface area contributed by atoms with Gasteiger partial charge < -0.3 is 14.6 Å². The summed E-state index contributed by atoms with van der Waals surface area (Å²) in [7, 11) is 1.63. The fourth-order valence-electron chi connectivity index (χ4n) is 1.72. The van der Waals surface area contributed by atoms with Crippen LogP contribution in [-0.2, 0) is 17.9 Å². The van der Waals surface area contributed by atoms with Gasteiger partial charge in [-0.1, -0.05) is 12.1 Å². The van der Waals surface area contributed by atoms with Crippen molar-refractivity contribution < 1.29 is 9.53 Å². The zero-order valence-corrected chi connectivity index (χ0v) is 10.9. The number of aryl methyl sites for hydroxylation is 1. The van der Waals surface area contributed by atoms with E-state index >= 15 is 0 Å². The van der Waals surface area contributed by atoms with Gasteiger partial charge in [0.25, 0.3) is 0 Å². The molecule has 1 N–H and O–H groups in total. The molecule has 100 valence electrons. The molecule has 1 aromatic carbocycles. The van der Waals surface area contributed by atoms with E-state index in [2.05, 4.69) is 10.3 Å². The summed E-state index contributed by atoms with van der Waals surface area (Å²) >= 11 is 0. The second-order valence-corrected chi connectivity index (χ2v) is 4.18. The molecule has 19 heavy (non-hydrogen) atoms. The summed E-state index contributed by atoms with van der Waals surface area (Å²) in [6.07, 6.45) is 5.69. The lowest BCUT2D eigenvalue weighted by Gasteiger charge is -2.07. The van der Waals surface area contributed by atoms with Crippen molar-refractivity contribution in [3.05, 3.63) is 48.5 Å². The molecule has 0 radical (unpaired) electrons. The Bertz CT molecular complexity index is 523. The van der Waals surface area contributed by atoms with Crippen molar-refractivity contribution >= 4 is 5.91 Å². The molecule has 0 aliphatic rings. The van der Waals surface area contributed by atoms with Crippen molar-refractivity contribution in [2.75, 3.05) is 7.11 Å². The number of imidazole rings is 1. The Morgan fingerprint density at radius 2 is 2.37 bits per heavy atom. The van der Waals surface area contributed by atoms with Gasteiger partial charge in [-0.3, -0.25) is 4.79 Å². The zero-order valence-electron chi connectivity index (χ0n) is 10.9. The summed E-state index contributed by atoms with van der Waals surface area (Å²) in [5.74, 6) is 0.821. The standard InChI is InChI=1S/C14H17N3O2/c1-19-13-4-2-3-12(9-13)10-16-14(18)5-7-17-8-6-15-11-17/h2-4,6,8-9,11H,5,7,10H2,1H3,(H,16,18). The number of carbonyl (C=O) groups excluding carboxylic acids is 1. The lowest BCUT2D eigenvalue weighted by Crippen LogP contribution is -2.23. The summed E-state index contributed by atoms with van der Waals surface area (Å²) in [5, 5.41) is 2.88. The number of nitrogens with one attached hydrogen (secondary N) is 1. The highest BCUT2D eigenvalue weighted by molar-refractivity contribution is 5.75. The highest BCUT2D eigenvalue weighted by Crippen LogP contribution is 2.12. The predicted octanol–water partition coefficient (Wildman–Crippen LogP) is 1.60. The molecule has 1 aromatic heterocycles. The quantitative estimate of drug-likeness (QED) is 0.857. The number of carbonyl (C=O) groups is 1. The third-order valence-corrected chi connectivity index (χ3v) is 2.78. The van der Waals surface area contributed by atoms with Crippen LogP contribution in [0.15, 0.2) is 43.0 Å². The first-order valence-corrected chi connectivity index (χ1v) is 6.13. The highest BCUT2D eigenvalue weighted by Gasteiger charge is 2.02. The number of rotatable bonds is 6. The highest BCUT2D eigenvalue weighted by atomic mass is 16.5.